The molecule has 2 rings (SSSR count). The van der Waals surface area contributed by atoms with E-state index in [-0.39, 0.29) is 18.8 Å². The number of hydrogen-bond donors (Lipinski definition) is 2. The fourth-order valence-corrected chi connectivity index (χ4v) is 2.38. The van der Waals surface area contributed by atoms with Gasteiger partial charge >= 0.3 is 0 Å². The zero-order valence-corrected chi connectivity index (χ0v) is 12.5. The van der Waals surface area contributed by atoms with Crippen molar-refractivity contribution in [2.24, 2.45) is 0 Å². The van der Waals surface area contributed by atoms with E-state index in [4.69, 9.17) is 5.11 Å². The lowest BCUT2D eigenvalue weighted by atomic mass is 10.1. The molecule has 0 aliphatic heterocycles. The third kappa shape index (κ3) is 4.64. The van der Waals surface area contributed by atoms with Gasteiger partial charge in [0.05, 0.1) is 6.61 Å². The molecule has 0 spiro atoms. The topological polar surface area (TPSA) is 35.5 Å². The molecule has 1 aromatic carbocycles. The predicted octanol–water partition coefficient (Wildman–Crippen LogP) is 2.82. The number of benzene rings is 1. The molecule has 0 saturated heterocycles. The molecule has 0 aromatic heterocycles. The second-order valence-electron chi connectivity index (χ2n) is 5.63. The smallest absolute Gasteiger partial charge is 0.149 e. The highest BCUT2D eigenvalue weighted by Crippen LogP contribution is 2.26. The SMILES string of the molecule is CCCCN(CCO)c1c(F)cc(CNC2CC2)cc1F. The lowest BCUT2D eigenvalue weighted by molar-refractivity contribution is 0.300. The van der Waals surface area contributed by atoms with Crippen LogP contribution < -0.4 is 10.2 Å². The van der Waals surface area contributed by atoms with Crippen LogP contribution in [0.25, 0.3) is 0 Å². The van der Waals surface area contributed by atoms with Crippen molar-refractivity contribution in [1.29, 1.82) is 0 Å². The molecule has 118 valence electrons. The summed E-state index contributed by atoms with van der Waals surface area (Å²) in [6.45, 7) is 3.19. The Morgan fingerprint density at radius 1 is 1.24 bits per heavy atom. The molecule has 1 aliphatic carbocycles. The number of nitrogens with zero attached hydrogens (tertiary/aromatic N) is 1. The van der Waals surface area contributed by atoms with Gasteiger partial charge in [0, 0.05) is 25.7 Å². The van der Waals surface area contributed by atoms with Crippen molar-refractivity contribution in [3.8, 4) is 0 Å². The Kier molecular flexibility index (Phi) is 5.94. The fraction of sp³-hybridized carbons (Fsp3) is 0.625. The highest BCUT2D eigenvalue weighted by molar-refractivity contribution is 5.50. The van der Waals surface area contributed by atoms with Gasteiger partial charge in [-0.25, -0.2) is 8.78 Å². The van der Waals surface area contributed by atoms with Gasteiger partial charge in [-0.15, -0.1) is 0 Å². The normalized spacial score (nSPS) is 14.5. The number of halogens is 2. The van der Waals surface area contributed by atoms with E-state index >= 15 is 0 Å². The van der Waals surface area contributed by atoms with Gasteiger partial charge in [-0.1, -0.05) is 13.3 Å². The zero-order chi connectivity index (χ0) is 15.2. The minimum atomic E-state index is -0.549. The summed E-state index contributed by atoms with van der Waals surface area (Å²) in [5.41, 5.74) is 0.604. The van der Waals surface area contributed by atoms with Gasteiger partial charge in [-0.05, 0) is 37.0 Å². The Morgan fingerprint density at radius 3 is 2.43 bits per heavy atom. The van der Waals surface area contributed by atoms with Crippen LogP contribution in [0.15, 0.2) is 12.1 Å². The molecule has 1 aliphatic rings. The van der Waals surface area contributed by atoms with E-state index in [0.29, 0.717) is 24.7 Å². The summed E-state index contributed by atoms with van der Waals surface area (Å²) in [5, 5.41) is 12.3. The van der Waals surface area contributed by atoms with E-state index < -0.39 is 11.6 Å². The molecule has 0 amide bonds. The number of aliphatic hydroxyl groups excluding tert-OH is 1. The first-order chi connectivity index (χ1) is 10.2. The first-order valence-corrected chi connectivity index (χ1v) is 7.72. The Morgan fingerprint density at radius 2 is 1.90 bits per heavy atom. The quantitative estimate of drug-likeness (QED) is 0.736. The summed E-state index contributed by atoms with van der Waals surface area (Å²) in [5.74, 6) is -1.10. The summed E-state index contributed by atoms with van der Waals surface area (Å²) in [6.07, 6.45) is 4.06. The van der Waals surface area contributed by atoms with Crippen LogP contribution in [0.4, 0.5) is 14.5 Å². The number of anilines is 1. The first kappa shape index (κ1) is 16.2. The van der Waals surface area contributed by atoms with Crippen LogP contribution in [-0.2, 0) is 6.54 Å². The van der Waals surface area contributed by atoms with E-state index in [1.807, 2.05) is 6.92 Å². The van der Waals surface area contributed by atoms with Crippen LogP contribution in [0.1, 0.15) is 38.2 Å². The number of nitrogens with one attached hydrogen (secondary N) is 1. The van der Waals surface area contributed by atoms with Crippen LogP contribution >= 0.6 is 0 Å². The highest BCUT2D eigenvalue weighted by Gasteiger charge is 2.21. The maximum absolute atomic E-state index is 14.3. The maximum atomic E-state index is 14.3. The van der Waals surface area contributed by atoms with Crippen LogP contribution in [-0.4, -0.2) is 30.8 Å². The molecule has 5 heteroatoms. The van der Waals surface area contributed by atoms with Crippen molar-refractivity contribution in [3.05, 3.63) is 29.3 Å². The predicted molar refractivity (Wildman–Crippen MR) is 80.4 cm³/mol. The van der Waals surface area contributed by atoms with Gasteiger partial charge < -0.3 is 15.3 Å². The second-order valence-corrected chi connectivity index (χ2v) is 5.63. The van der Waals surface area contributed by atoms with Gasteiger partial charge in [0.15, 0.2) is 0 Å². The van der Waals surface area contributed by atoms with Crippen molar-refractivity contribution in [2.45, 2.75) is 45.2 Å². The summed E-state index contributed by atoms with van der Waals surface area (Å²) in [7, 11) is 0. The Balaban J connectivity index is 2.12. The molecule has 1 fully saturated rings. The lowest BCUT2D eigenvalue weighted by Crippen LogP contribution is -2.29. The highest BCUT2D eigenvalue weighted by atomic mass is 19.1. The third-order valence-electron chi connectivity index (χ3n) is 3.72. The Labute approximate surface area is 125 Å². The summed E-state index contributed by atoms with van der Waals surface area (Å²) < 4.78 is 28.5. The zero-order valence-electron chi connectivity index (χ0n) is 12.5. The number of unbranched alkanes of at least 4 members (excludes halogenated alkanes) is 1. The number of aliphatic hydroxyl groups is 1. The van der Waals surface area contributed by atoms with Crippen molar-refractivity contribution in [1.82, 2.24) is 5.32 Å². The van der Waals surface area contributed by atoms with E-state index in [2.05, 4.69) is 5.32 Å². The fourth-order valence-electron chi connectivity index (χ4n) is 2.38. The molecular weight excluding hydrogens is 274 g/mol. The van der Waals surface area contributed by atoms with Crippen molar-refractivity contribution in [3.63, 3.8) is 0 Å². The van der Waals surface area contributed by atoms with E-state index in [0.717, 1.165) is 25.7 Å². The van der Waals surface area contributed by atoms with Crippen LogP contribution in [0, 0.1) is 11.6 Å². The van der Waals surface area contributed by atoms with Gasteiger partial charge in [0.25, 0.3) is 0 Å². The molecule has 0 bridgehead atoms. The van der Waals surface area contributed by atoms with Crippen molar-refractivity contribution >= 4 is 5.69 Å². The van der Waals surface area contributed by atoms with E-state index in [1.165, 1.54) is 12.1 Å². The molecule has 0 unspecified atom stereocenters. The molecule has 0 heterocycles. The van der Waals surface area contributed by atoms with Crippen molar-refractivity contribution < 1.29 is 13.9 Å². The third-order valence-corrected chi connectivity index (χ3v) is 3.72. The molecule has 1 saturated carbocycles. The van der Waals surface area contributed by atoms with Gasteiger partial charge in [0.2, 0.25) is 0 Å². The molecule has 1 aromatic rings. The maximum Gasteiger partial charge on any atom is 0.149 e. The van der Waals surface area contributed by atoms with Crippen molar-refractivity contribution in [2.75, 3.05) is 24.6 Å². The molecule has 2 N–H and O–H groups in total. The minimum absolute atomic E-state index is 0.0207. The molecular formula is C16H24F2N2O. The van der Waals surface area contributed by atoms with E-state index in [1.54, 1.807) is 4.90 Å². The number of hydrogen-bond acceptors (Lipinski definition) is 3. The summed E-state index contributed by atoms with van der Waals surface area (Å²) in [6, 6.07) is 3.29. The average molecular weight is 298 g/mol. The molecule has 21 heavy (non-hydrogen) atoms. The van der Waals surface area contributed by atoms with Crippen LogP contribution in [0.3, 0.4) is 0 Å². The first-order valence-electron chi connectivity index (χ1n) is 7.72. The van der Waals surface area contributed by atoms with Crippen LogP contribution in [0.2, 0.25) is 0 Å². The summed E-state index contributed by atoms with van der Waals surface area (Å²) >= 11 is 0. The Hall–Kier alpha value is -1.20. The Bertz CT molecular complexity index is 441. The molecule has 0 atom stereocenters. The van der Waals surface area contributed by atoms with Gasteiger partial charge in [-0.3, -0.25) is 0 Å². The average Bonchev–Trinajstić information content (AvgIpc) is 3.26. The second kappa shape index (κ2) is 7.71. The molecule has 0 radical (unpaired) electrons. The molecule has 3 nitrogen and oxygen atoms in total. The number of rotatable bonds is 9. The largest absolute Gasteiger partial charge is 0.395 e. The minimum Gasteiger partial charge on any atom is -0.395 e. The standard InChI is InChI=1S/C16H24F2N2O/c1-2-3-6-20(7-8-21)16-14(17)9-12(10-15(16)18)11-19-13-4-5-13/h9-10,13,19,21H,2-8,11H2,1H3. The van der Waals surface area contributed by atoms with Gasteiger partial charge in [-0.2, -0.15) is 0 Å². The van der Waals surface area contributed by atoms with Crippen LogP contribution in [0.5, 0.6) is 0 Å². The van der Waals surface area contributed by atoms with E-state index in [9.17, 15) is 8.78 Å². The monoisotopic (exact) mass is 298 g/mol. The van der Waals surface area contributed by atoms with Gasteiger partial charge in [0.1, 0.15) is 17.3 Å². The summed E-state index contributed by atoms with van der Waals surface area (Å²) in [4.78, 5) is 1.59. The lowest BCUT2D eigenvalue weighted by Gasteiger charge is -2.25.